The van der Waals surface area contributed by atoms with Gasteiger partial charge in [-0.3, -0.25) is 0 Å². The molecule has 0 amide bonds. The number of nitrogens with one attached hydrogen (secondary N) is 2. The zero-order valence-corrected chi connectivity index (χ0v) is 10.9. The number of aliphatic hydroxyl groups excluding tert-OH is 1. The first-order valence-corrected chi connectivity index (χ1v) is 6.97. The van der Waals surface area contributed by atoms with Gasteiger partial charge in [0.2, 0.25) is 0 Å². The molecule has 1 fully saturated rings. The van der Waals surface area contributed by atoms with Crippen LogP contribution in [0, 0.1) is 5.92 Å². The maximum Gasteiger partial charge on any atom is 0.0587 e. The van der Waals surface area contributed by atoms with Crippen molar-refractivity contribution < 1.29 is 5.11 Å². The molecule has 3 N–H and O–H groups in total. The van der Waals surface area contributed by atoms with Crippen molar-refractivity contribution in [2.75, 3.05) is 26.2 Å². The van der Waals surface area contributed by atoms with Crippen LogP contribution in [0.5, 0.6) is 0 Å². The molecule has 3 heteroatoms. The van der Waals surface area contributed by atoms with E-state index >= 15 is 0 Å². The van der Waals surface area contributed by atoms with Crippen LogP contribution in [0.2, 0.25) is 0 Å². The summed E-state index contributed by atoms with van der Waals surface area (Å²) in [5.74, 6) is 0.760. The SMILES string of the molecule is OC[C@H](Cc1ccccc1)NCC1CCNCC1. The second-order valence-electron chi connectivity index (χ2n) is 5.17. The first-order chi connectivity index (χ1) is 8.88. The maximum atomic E-state index is 9.44. The van der Waals surface area contributed by atoms with E-state index in [9.17, 15) is 5.11 Å². The molecule has 1 aliphatic heterocycles. The van der Waals surface area contributed by atoms with Gasteiger partial charge in [0.25, 0.3) is 0 Å². The molecule has 0 aromatic heterocycles. The Hall–Kier alpha value is -0.900. The Morgan fingerprint density at radius 1 is 1.22 bits per heavy atom. The summed E-state index contributed by atoms with van der Waals surface area (Å²) in [4.78, 5) is 0. The molecule has 0 bridgehead atoms. The quantitative estimate of drug-likeness (QED) is 0.708. The van der Waals surface area contributed by atoms with Gasteiger partial charge in [0.1, 0.15) is 0 Å². The predicted octanol–water partition coefficient (Wildman–Crippen LogP) is 1.18. The van der Waals surface area contributed by atoms with Crippen molar-refractivity contribution in [2.45, 2.75) is 25.3 Å². The molecule has 100 valence electrons. The highest BCUT2D eigenvalue weighted by Crippen LogP contribution is 2.11. The Labute approximate surface area is 110 Å². The fraction of sp³-hybridized carbons (Fsp3) is 0.600. The van der Waals surface area contributed by atoms with Crippen molar-refractivity contribution in [2.24, 2.45) is 5.92 Å². The third-order valence-corrected chi connectivity index (χ3v) is 3.70. The zero-order chi connectivity index (χ0) is 12.6. The Morgan fingerprint density at radius 3 is 2.61 bits per heavy atom. The maximum absolute atomic E-state index is 9.44. The molecular formula is C15H24N2O. The van der Waals surface area contributed by atoms with Crippen molar-refractivity contribution in [3.8, 4) is 0 Å². The molecule has 1 aliphatic rings. The predicted molar refractivity (Wildman–Crippen MR) is 74.6 cm³/mol. The second kappa shape index (κ2) is 7.52. The van der Waals surface area contributed by atoms with Crippen molar-refractivity contribution in [1.82, 2.24) is 10.6 Å². The minimum atomic E-state index is 0.183. The highest BCUT2D eigenvalue weighted by molar-refractivity contribution is 5.15. The van der Waals surface area contributed by atoms with Crippen LogP contribution in [0.15, 0.2) is 30.3 Å². The molecule has 0 radical (unpaired) electrons. The molecule has 0 spiro atoms. The molecule has 1 saturated heterocycles. The van der Waals surface area contributed by atoms with Crippen molar-refractivity contribution in [3.63, 3.8) is 0 Å². The second-order valence-corrected chi connectivity index (χ2v) is 5.17. The van der Waals surface area contributed by atoms with Gasteiger partial charge in [-0.15, -0.1) is 0 Å². The van der Waals surface area contributed by atoms with Crippen LogP contribution in [0.1, 0.15) is 18.4 Å². The fourth-order valence-corrected chi connectivity index (χ4v) is 2.52. The van der Waals surface area contributed by atoms with Crippen LogP contribution in [-0.4, -0.2) is 37.4 Å². The van der Waals surface area contributed by atoms with Crippen molar-refractivity contribution in [1.29, 1.82) is 0 Å². The van der Waals surface area contributed by atoms with Gasteiger partial charge in [-0.25, -0.2) is 0 Å². The number of hydrogen-bond donors (Lipinski definition) is 3. The van der Waals surface area contributed by atoms with E-state index < -0.39 is 0 Å². The first kappa shape index (κ1) is 13.5. The lowest BCUT2D eigenvalue weighted by Gasteiger charge is -2.25. The van der Waals surface area contributed by atoms with Crippen LogP contribution in [0.25, 0.3) is 0 Å². The average molecular weight is 248 g/mol. The van der Waals surface area contributed by atoms with E-state index in [0.29, 0.717) is 0 Å². The summed E-state index contributed by atoms with van der Waals surface area (Å²) in [5.41, 5.74) is 1.29. The number of benzene rings is 1. The lowest BCUT2D eigenvalue weighted by molar-refractivity contribution is 0.230. The standard InChI is InChI=1S/C15H24N2O/c18-12-15(10-13-4-2-1-3-5-13)17-11-14-6-8-16-9-7-14/h1-5,14-18H,6-12H2/t15-/m0/s1. The summed E-state index contributed by atoms with van der Waals surface area (Å²) >= 11 is 0. The van der Waals surface area contributed by atoms with Gasteiger partial charge in [0.05, 0.1) is 6.61 Å². The minimum absolute atomic E-state index is 0.183. The zero-order valence-electron chi connectivity index (χ0n) is 10.9. The van der Waals surface area contributed by atoms with Crippen LogP contribution < -0.4 is 10.6 Å². The Morgan fingerprint density at radius 2 is 1.94 bits per heavy atom. The van der Waals surface area contributed by atoms with Crippen LogP contribution in [0.3, 0.4) is 0 Å². The van der Waals surface area contributed by atoms with E-state index in [1.54, 1.807) is 0 Å². The topological polar surface area (TPSA) is 44.3 Å². The smallest absolute Gasteiger partial charge is 0.0587 e. The van der Waals surface area contributed by atoms with Crippen molar-refractivity contribution >= 4 is 0 Å². The van der Waals surface area contributed by atoms with Gasteiger partial charge >= 0.3 is 0 Å². The van der Waals surface area contributed by atoms with Gasteiger partial charge in [-0.2, -0.15) is 0 Å². The Bertz CT molecular complexity index is 323. The van der Waals surface area contributed by atoms with Crippen LogP contribution in [-0.2, 0) is 6.42 Å². The van der Waals surface area contributed by atoms with Gasteiger partial charge in [0.15, 0.2) is 0 Å². The molecular weight excluding hydrogens is 224 g/mol. The summed E-state index contributed by atoms with van der Waals surface area (Å²) in [5, 5.41) is 16.3. The average Bonchev–Trinajstić information content (AvgIpc) is 2.45. The number of hydrogen-bond acceptors (Lipinski definition) is 3. The van der Waals surface area contributed by atoms with Gasteiger partial charge < -0.3 is 15.7 Å². The first-order valence-electron chi connectivity index (χ1n) is 6.97. The lowest BCUT2D eigenvalue weighted by atomic mass is 9.97. The van der Waals surface area contributed by atoms with Gasteiger partial charge in [0, 0.05) is 6.04 Å². The van der Waals surface area contributed by atoms with Gasteiger partial charge in [-0.1, -0.05) is 30.3 Å². The summed E-state index contributed by atoms with van der Waals surface area (Å²) in [7, 11) is 0. The third kappa shape index (κ3) is 4.41. The summed E-state index contributed by atoms with van der Waals surface area (Å²) in [6.07, 6.45) is 3.40. The highest BCUT2D eigenvalue weighted by atomic mass is 16.3. The number of aliphatic hydroxyl groups is 1. The lowest BCUT2D eigenvalue weighted by Crippen LogP contribution is -2.40. The summed E-state index contributed by atoms with van der Waals surface area (Å²) in [6, 6.07) is 10.6. The fourth-order valence-electron chi connectivity index (χ4n) is 2.52. The van der Waals surface area contributed by atoms with E-state index in [0.717, 1.165) is 32.0 Å². The van der Waals surface area contributed by atoms with E-state index in [2.05, 4.69) is 34.9 Å². The van der Waals surface area contributed by atoms with E-state index in [-0.39, 0.29) is 12.6 Å². The molecule has 0 saturated carbocycles. The van der Waals surface area contributed by atoms with Crippen LogP contribution >= 0.6 is 0 Å². The molecule has 0 aliphatic carbocycles. The van der Waals surface area contributed by atoms with Crippen LogP contribution in [0.4, 0.5) is 0 Å². The molecule has 1 aromatic carbocycles. The highest BCUT2D eigenvalue weighted by Gasteiger charge is 2.15. The molecule has 0 unspecified atom stereocenters. The third-order valence-electron chi connectivity index (χ3n) is 3.70. The molecule has 3 nitrogen and oxygen atoms in total. The normalized spacial score (nSPS) is 18.7. The Balaban J connectivity index is 1.75. The summed E-state index contributed by atoms with van der Waals surface area (Å²) < 4.78 is 0. The van der Waals surface area contributed by atoms with Crippen molar-refractivity contribution in [3.05, 3.63) is 35.9 Å². The molecule has 18 heavy (non-hydrogen) atoms. The molecule has 1 atom stereocenters. The van der Waals surface area contributed by atoms with E-state index in [1.165, 1.54) is 18.4 Å². The Kier molecular flexibility index (Phi) is 5.65. The largest absolute Gasteiger partial charge is 0.395 e. The molecule has 1 heterocycles. The number of rotatable bonds is 6. The summed E-state index contributed by atoms with van der Waals surface area (Å²) in [6.45, 7) is 3.50. The number of piperidine rings is 1. The monoisotopic (exact) mass is 248 g/mol. The molecule has 2 rings (SSSR count). The van der Waals surface area contributed by atoms with E-state index in [1.807, 2.05) is 6.07 Å². The minimum Gasteiger partial charge on any atom is -0.395 e. The molecule has 1 aromatic rings. The van der Waals surface area contributed by atoms with Gasteiger partial charge in [-0.05, 0) is 50.4 Å². The van der Waals surface area contributed by atoms with E-state index in [4.69, 9.17) is 0 Å².